The van der Waals surface area contributed by atoms with E-state index in [4.69, 9.17) is 18.9 Å². The van der Waals surface area contributed by atoms with E-state index in [1.807, 2.05) is 6.08 Å². The predicted molar refractivity (Wildman–Crippen MR) is 153 cm³/mol. The van der Waals surface area contributed by atoms with Gasteiger partial charge < -0.3 is 59.8 Å². The van der Waals surface area contributed by atoms with E-state index in [1.165, 1.54) is 44.9 Å². The highest BCUT2D eigenvalue weighted by Gasteiger charge is 2.50. The van der Waals surface area contributed by atoms with E-state index >= 15 is 0 Å². The van der Waals surface area contributed by atoms with Crippen molar-refractivity contribution in [3.8, 4) is 0 Å². The molecule has 0 bridgehead atoms. The lowest BCUT2D eigenvalue weighted by molar-refractivity contribution is -0.359. The minimum Gasteiger partial charge on any atom is -0.394 e. The maximum Gasteiger partial charge on any atom is 0.187 e. The Labute approximate surface area is 249 Å². The Morgan fingerprint density at radius 2 is 1.26 bits per heavy atom. The Bertz CT molecular complexity index is 748. The molecular weight excluding hydrogens is 552 g/mol. The smallest absolute Gasteiger partial charge is 0.187 e. The van der Waals surface area contributed by atoms with Gasteiger partial charge >= 0.3 is 0 Å². The van der Waals surface area contributed by atoms with Crippen LogP contribution >= 0.6 is 0 Å². The summed E-state index contributed by atoms with van der Waals surface area (Å²) in [6, 6.07) is 0. The van der Waals surface area contributed by atoms with E-state index in [0.717, 1.165) is 19.3 Å². The number of aliphatic hydroxyl groups excluding tert-OH is 8. The molecule has 8 N–H and O–H groups in total. The monoisotopic (exact) mass is 606 g/mol. The summed E-state index contributed by atoms with van der Waals surface area (Å²) in [6.07, 6.45) is 4.24. The van der Waals surface area contributed by atoms with E-state index in [9.17, 15) is 40.9 Å². The van der Waals surface area contributed by atoms with Crippen molar-refractivity contribution in [2.75, 3.05) is 19.8 Å². The van der Waals surface area contributed by atoms with Crippen LogP contribution in [0.2, 0.25) is 0 Å². The Balaban J connectivity index is 1.68. The number of allylic oxidation sites excluding steroid dienone is 3. The van der Waals surface area contributed by atoms with Gasteiger partial charge in [0.05, 0.1) is 25.9 Å². The van der Waals surface area contributed by atoms with Crippen molar-refractivity contribution < 1.29 is 59.8 Å². The summed E-state index contributed by atoms with van der Waals surface area (Å²) in [5, 5.41) is 80.6. The molecule has 0 aliphatic carbocycles. The molecule has 11 atom stereocenters. The van der Waals surface area contributed by atoms with Crippen molar-refractivity contribution >= 4 is 0 Å². The third kappa shape index (κ3) is 12.2. The van der Waals surface area contributed by atoms with Gasteiger partial charge in [-0.05, 0) is 25.7 Å². The third-order valence-corrected chi connectivity index (χ3v) is 7.66. The van der Waals surface area contributed by atoms with E-state index in [1.54, 1.807) is 6.08 Å². The lowest BCUT2D eigenvalue weighted by Gasteiger charge is -2.45. The summed E-state index contributed by atoms with van der Waals surface area (Å²) in [5.41, 5.74) is 0. The Morgan fingerprint density at radius 1 is 0.667 bits per heavy atom. The molecule has 2 saturated heterocycles. The van der Waals surface area contributed by atoms with E-state index in [0.29, 0.717) is 0 Å². The maximum absolute atomic E-state index is 10.7. The van der Waals surface area contributed by atoms with E-state index in [2.05, 4.69) is 19.1 Å². The van der Waals surface area contributed by atoms with Gasteiger partial charge in [-0.1, -0.05) is 69.8 Å². The summed E-state index contributed by atoms with van der Waals surface area (Å²) in [5.74, 6) is 0. The van der Waals surface area contributed by atoms with Crippen molar-refractivity contribution in [3.63, 3.8) is 0 Å². The van der Waals surface area contributed by atoms with Gasteiger partial charge in [-0.3, -0.25) is 0 Å². The van der Waals surface area contributed by atoms with Crippen molar-refractivity contribution in [2.45, 2.75) is 145 Å². The number of aliphatic hydroxyl groups is 8. The zero-order valence-electron chi connectivity index (χ0n) is 24.8. The minimum atomic E-state index is -1.74. The van der Waals surface area contributed by atoms with Crippen LogP contribution in [0.25, 0.3) is 0 Å². The number of ether oxygens (including phenoxy) is 4. The van der Waals surface area contributed by atoms with E-state index in [-0.39, 0.29) is 13.0 Å². The summed E-state index contributed by atoms with van der Waals surface area (Å²) < 4.78 is 21.9. The first-order valence-electron chi connectivity index (χ1n) is 15.4. The molecule has 2 aliphatic heterocycles. The molecule has 2 fully saturated rings. The Kier molecular flexibility index (Phi) is 18.5. The second-order valence-electron chi connectivity index (χ2n) is 11.1. The van der Waals surface area contributed by atoms with Gasteiger partial charge in [0.15, 0.2) is 12.6 Å². The highest BCUT2D eigenvalue weighted by Crippen LogP contribution is 2.29. The average Bonchev–Trinajstić information content (AvgIpc) is 2.98. The molecule has 2 aliphatic rings. The van der Waals surface area contributed by atoms with Crippen LogP contribution in [0.1, 0.15) is 77.6 Å². The fourth-order valence-electron chi connectivity index (χ4n) is 4.99. The van der Waals surface area contributed by atoms with Crippen LogP contribution in [0, 0.1) is 0 Å². The van der Waals surface area contributed by atoms with Gasteiger partial charge in [-0.2, -0.15) is 0 Å². The predicted octanol–water partition coefficient (Wildman–Crippen LogP) is 0.411. The van der Waals surface area contributed by atoms with Crippen molar-refractivity contribution in [1.82, 2.24) is 0 Å². The molecular formula is C30H54O12. The van der Waals surface area contributed by atoms with E-state index < -0.39 is 80.7 Å². The molecule has 7 unspecified atom stereocenters. The molecule has 0 aromatic carbocycles. The van der Waals surface area contributed by atoms with Crippen LogP contribution in [0.15, 0.2) is 24.3 Å². The molecule has 246 valence electrons. The van der Waals surface area contributed by atoms with Gasteiger partial charge in [0.1, 0.15) is 48.8 Å². The third-order valence-electron chi connectivity index (χ3n) is 7.66. The zero-order chi connectivity index (χ0) is 30.9. The molecule has 42 heavy (non-hydrogen) atoms. The topological polar surface area (TPSA) is 199 Å². The van der Waals surface area contributed by atoms with Crippen LogP contribution in [-0.4, -0.2) is 128 Å². The van der Waals surface area contributed by atoms with Crippen molar-refractivity contribution in [1.29, 1.82) is 0 Å². The van der Waals surface area contributed by atoms with Gasteiger partial charge in [0, 0.05) is 6.42 Å². The lowest BCUT2D eigenvalue weighted by atomic mass is 9.97. The van der Waals surface area contributed by atoms with Crippen LogP contribution < -0.4 is 0 Å². The molecule has 2 rings (SSSR count). The minimum absolute atomic E-state index is 0.00527. The standard InChI is InChI=1S/C30H54O12/c1-2-3-4-5-6-7-8-9-10-11-12-13-14-15-20(33)16-17-39-29-27(38)25(36)28(22(19-32)41-29)42-30-26(37)24(35)23(34)21(18-31)40-30/h10-11,14-15,20-38H,2-9,12-13,16-19H2,1H3/b11-10+,15-14+/t20-,21?,22?,23+,24?,25-,26?,27?,28-,29?,30?/m1/s1. The normalized spacial score (nSPS) is 34.9. The van der Waals surface area contributed by atoms with Gasteiger partial charge in [-0.15, -0.1) is 0 Å². The Hall–Kier alpha value is -1.00. The second-order valence-corrected chi connectivity index (χ2v) is 11.1. The molecule has 0 spiro atoms. The zero-order valence-corrected chi connectivity index (χ0v) is 24.8. The van der Waals surface area contributed by atoms with Crippen LogP contribution in [0.5, 0.6) is 0 Å². The highest BCUT2D eigenvalue weighted by atomic mass is 16.7. The first kappa shape index (κ1) is 37.2. The molecule has 0 aromatic heterocycles. The molecule has 12 nitrogen and oxygen atoms in total. The number of hydrogen-bond acceptors (Lipinski definition) is 12. The summed E-state index contributed by atoms with van der Waals surface area (Å²) >= 11 is 0. The number of hydrogen-bond donors (Lipinski definition) is 8. The number of rotatable bonds is 20. The fraction of sp³-hybridized carbons (Fsp3) is 0.867. The second kappa shape index (κ2) is 20.9. The SMILES string of the molecule is CCCCCCCCC/C=C/CC/C=C/[C@@H](O)CCOC1OC(CO)[C@@H](OC2OC(CO)[C@H](O)C(O)C2O)[C@H](O)C1O. The lowest BCUT2D eigenvalue weighted by Crippen LogP contribution is -2.64. The van der Waals surface area contributed by atoms with Gasteiger partial charge in [0.25, 0.3) is 0 Å². The quantitative estimate of drug-likeness (QED) is 0.0703. The molecule has 12 heteroatoms. The van der Waals surface area contributed by atoms with Gasteiger partial charge in [-0.25, -0.2) is 0 Å². The van der Waals surface area contributed by atoms with Crippen LogP contribution in [0.3, 0.4) is 0 Å². The number of unbranched alkanes of at least 4 members (excludes halogenated alkanes) is 8. The fourth-order valence-corrected chi connectivity index (χ4v) is 4.99. The molecule has 0 radical (unpaired) electrons. The summed E-state index contributed by atoms with van der Waals surface area (Å²) in [4.78, 5) is 0. The van der Waals surface area contributed by atoms with Crippen LogP contribution in [0.4, 0.5) is 0 Å². The molecule has 0 saturated carbocycles. The molecule has 0 amide bonds. The van der Waals surface area contributed by atoms with Crippen LogP contribution in [-0.2, 0) is 18.9 Å². The first-order valence-corrected chi connectivity index (χ1v) is 15.4. The summed E-state index contributed by atoms with van der Waals surface area (Å²) in [7, 11) is 0. The highest BCUT2D eigenvalue weighted by molar-refractivity contribution is 4.95. The largest absolute Gasteiger partial charge is 0.394 e. The van der Waals surface area contributed by atoms with Crippen molar-refractivity contribution in [3.05, 3.63) is 24.3 Å². The van der Waals surface area contributed by atoms with Gasteiger partial charge in [0.2, 0.25) is 0 Å². The average molecular weight is 607 g/mol. The maximum atomic E-state index is 10.7. The molecule has 0 aromatic rings. The van der Waals surface area contributed by atoms with Crippen molar-refractivity contribution in [2.24, 2.45) is 0 Å². The molecule has 2 heterocycles. The first-order chi connectivity index (χ1) is 20.2. The summed E-state index contributed by atoms with van der Waals surface area (Å²) in [6.45, 7) is 0.900. The Morgan fingerprint density at radius 3 is 1.95 bits per heavy atom.